The molecule has 0 radical (unpaired) electrons. The summed E-state index contributed by atoms with van der Waals surface area (Å²) in [6.07, 6.45) is 1.69. The summed E-state index contributed by atoms with van der Waals surface area (Å²) < 4.78 is 6.17. The standard InChI is InChI=1S/C23H30N2O3S/c1-5-10-24(18(4)26)14-23(27)25-11-8-22-19(9-12-29-22)20(25)15-28-21-7-6-16(2)13-17(21)3/h6-7,9,12-13,20H,5,8,10-11,14-15H2,1-4H3/t20-/m0/s1. The zero-order valence-electron chi connectivity index (χ0n) is 17.7. The lowest BCUT2D eigenvalue weighted by atomic mass is 10.00. The molecule has 1 aliphatic rings. The van der Waals surface area contributed by atoms with E-state index in [9.17, 15) is 9.59 Å². The zero-order chi connectivity index (χ0) is 21.0. The van der Waals surface area contributed by atoms with Gasteiger partial charge in [-0.2, -0.15) is 0 Å². The lowest BCUT2D eigenvalue weighted by molar-refractivity contribution is -0.141. The van der Waals surface area contributed by atoms with Crippen LogP contribution < -0.4 is 4.74 Å². The van der Waals surface area contributed by atoms with Gasteiger partial charge in [-0.05, 0) is 55.3 Å². The SMILES string of the molecule is CCCN(CC(=O)N1CCc2sccc2[C@@H]1COc1ccc(C)cc1C)C(C)=O. The largest absolute Gasteiger partial charge is 0.491 e. The van der Waals surface area contributed by atoms with E-state index in [1.807, 2.05) is 30.9 Å². The molecule has 1 aliphatic heterocycles. The van der Waals surface area contributed by atoms with E-state index in [0.29, 0.717) is 19.7 Å². The molecule has 1 aromatic heterocycles. The summed E-state index contributed by atoms with van der Waals surface area (Å²) in [7, 11) is 0. The Kier molecular flexibility index (Phi) is 6.96. The van der Waals surface area contributed by atoms with Gasteiger partial charge in [-0.25, -0.2) is 0 Å². The molecule has 156 valence electrons. The number of benzene rings is 1. The number of nitrogens with zero attached hydrogens (tertiary/aromatic N) is 2. The van der Waals surface area contributed by atoms with Crippen molar-refractivity contribution in [1.29, 1.82) is 0 Å². The zero-order valence-corrected chi connectivity index (χ0v) is 18.6. The second-order valence-corrected chi connectivity index (χ2v) is 8.67. The number of carbonyl (C=O) groups is 2. The third-order valence-electron chi connectivity index (χ3n) is 5.41. The van der Waals surface area contributed by atoms with Crippen LogP contribution in [0.15, 0.2) is 29.6 Å². The summed E-state index contributed by atoms with van der Waals surface area (Å²) in [5, 5.41) is 2.09. The van der Waals surface area contributed by atoms with Crippen LogP contribution in [0.5, 0.6) is 5.75 Å². The maximum absolute atomic E-state index is 13.1. The molecule has 0 spiro atoms. The van der Waals surface area contributed by atoms with Crippen molar-refractivity contribution in [3.63, 3.8) is 0 Å². The molecular weight excluding hydrogens is 384 g/mol. The third kappa shape index (κ3) is 4.99. The van der Waals surface area contributed by atoms with Crippen molar-refractivity contribution in [2.45, 2.75) is 46.6 Å². The first-order valence-electron chi connectivity index (χ1n) is 10.2. The van der Waals surface area contributed by atoms with Crippen molar-refractivity contribution in [3.05, 3.63) is 51.2 Å². The molecule has 1 aromatic carbocycles. The number of thiophene rings is 1. The van der Waals surface area contributed by atoms with Crippen molar-refractivity contribution in [3.8, 4) is 5.75 Å². The van der Waals surface area contributed by atoms with Gasteiger partial charge in [-0.3, -0.25) is 9.59 Å². The monoisotopic (exact) mass is 414 g/mol. The Morgan fingerprint density at radius 1 is 1.28 bits per heavy atom. The average molecular weight is 415 g/mol. The number of hydrogen-bond donors (Lipinski definition) is 0. The number of hydrogen-bond acceptors (Lipinski definition) is 4. The van der Waals surface area contributed by atoms with Crippen molar-refractivity contribution in [1.82, 2.24) is 9.80 Å². The molecule has 2 aromatic rings. The van der Waals surface area contributed by atoms with Crippen LogP contribution >= 0.6 is 11.3 Å². The Balaban J connectivity index is 1.78. The smallest absolute Gasteiger partial charge is 0.242 e. The molecule has 3 rings (SSSR count). The van der Waals surface area contributed by atoms with Gasteiger partial charge < -0.3 is 14.5 Å². The Hall–Kier alpha value is -2.34. The third-order valence-corrected chi connectivity index (χ3v) is 6.40. The van der Waals surface area contributed by atoms with Gasteiger partial charge in [-0.15, -0.1) is 11.3 Å². The molecule has 0 fully saturated rings. The number of amides is 2. The summed E-state index contributed by atoms with van der Waals surface area (Å²) in [6, 6.07) is 8.10. The predicted molar refractivity (Wildman–Crippen MR) is 116 cm³/mol. The molecule has 0 saturated heterocycles. The normalized spacial score (nSPS) is 15.7. The van der Waals surface area contributed by atoms with Crippen LogP contribution in [0.25, 0.3) is 0 Å². The van der Waals surface area contributed by atoms with Gasteiger partial charge in [0.1, 0.15) is 12.4 Å². The van der Waals surface area contributed by atoms with Crippen LogP contribution in [0.1, 0.15) is 47.9 Å². The highest BCUT2D eigenvalue weighted by Gasteiger charge is 2.33. The van der Waals surface area contributed by atoms with Crippen LogP contribution in [-0.2, 0) is 16.0 Å². The fraction of sp³-hybridized carbons (Fsp3) is 0.478. The first-order valence-corrected chi connectivity index (χ1v) is 11.1. The van der Waals surface area contributed by atoms with E-state index >= 15 is 0 Å². The molecule has 0 unspecified atom stereocenters. The van der Waals surface area contributed by atoms with E-state index < -0.39 is 0 Å². The minimum atomic E-state index is -0.131. The second kappa shape index (κ2) is 9.44. The summed E-state index contributed by atoms with van der Waals surface area (Å²) in [5.74, 6) is 0.776. The molecule has 0 saturated carbocycles. The maximum atomic E-state index is 13.1. The molecular formula is C23H30N2O3S. The molecule has 2 amide bonds. The summed E-state index contributed by atoms with van der Waals surface area (Å²) >= 11 is 1.74. The molecule has 6 heteroatoms. The van der Waals surface area contributed by atoms with Gasteiger partial charge in [-0.1, -0.05) is 24.6 Å². The summed E-state index contributed by atoms with van der Waals surface area (Å²) in [5.41, 5.74) is 3.46. The number of aryl methyl sites for hydroxylation is 2. The maximum Gasteiger partial charge on any atom is 0.242 e. The Morgan fingerprint density at radius 3 is 2.76 bits per heavy atom. The second-order valence-electron chi connectivity index (χ2n) is 7.67. The number of ether oxygens (including phenoxy) is 1. The average Bonchev–Trinajstić information content (AvgIpc) is 3.15. The minimum Gasteiger partial charge on any atom is -0.491 e. The van der Waals surface area contributed by atoms with Crippen LogP contribution in [0.2, 0.25) is 0 Å². The highest BCUT2D eigenvalue weighted by Crippen LogP contribution is 2.34. The quantitative estimate of drug-likeness (QED) is 0.685. The fourth-order valence-corrected chi connectivity index (χ4v) is 4.80. The first-order chi connectivity index (χ1) is 13.9. The van der Waals surface area contributed by atoms with E-state index in [0.717, 1.165) is 24.2 Å². The van der Waals surface area contributed by atoms with Gasteiger partial charge in [0.05, 0.1) is 12.6 Å². The lowest BCUT2D eigenvalue weighted by Gasteiger charge is -2.37. The van der Waals surface area contributed by atoms with Crippen LogP contribution in [0, 0.1) is 13.8 Å². The molecule has 1 atom stereocenters. The van der Waals surface area contributed by atoms with E-state index in [-0.39, 0.29) is 24.4 Å². The predicted octanol–water partition coefficient (Wildman–Crippen LogP) is 4.13. The summed E-state index contributed by atoms with van der Waals surface area (Å²) in [4.78, 5) is 29.9. The van der Waals surface area contributed by atoms with E-state index in [1.54, 1.807) is 16.2 Å². The molecule has 2 heterocycles. The number of rotatable bonds is 7. The van der Waals surface area contributed by atoms with Crippen molar-refractivity contribution in [2.24, 2.45) is 0 Å². The molecule has 29 heavy (non-hydrogen) atoms. The Morgan fingerprint density at radius 2 is 2.07 bits per heavy atom. The van der Waals surface area contributed by atoms with Gasteiger partial charge in [0, 0.05) is 24.9 Å². The molecule has 5 nitrogen and oxygen atoms in total. The van der Waals surface area contributed by atoms with Crippen molar-refractivity contribution >= 4 is 23.2 Å². The van der Waals surface area contributed by atoms with Crippen LogP contribution in [0.3, 0.4) is 0 Å². The number of fused-ring (bicyclic) bond motifs is 1. The van der Waals surface area contributed by atoms with E-state index in [1.165, 1.54) is 22.9 Å². The fourth-order valence-electron chi connectivity index (χ4n) is 3.88. The van der Waals surface area contributed by atoms with Crippen molar-refractivity contribution in [2.75, 3.05) is 26.2 Å². The minimum absolute atomic E-state index is 0.0141. The Labute approximate surface area is 177 Å². The highest BCUT2D eigenvalue weighted by molar-refractivity contribution is 7.10. The highest BCUT2D eigenvalue weighted by atomic mass is 32.1. The number of carbonyl (C=O) groups excluding carboxylic acids is 2. The van der Waals surface area contributed by atoms with Crippen LogP contribution in [0.4, 0.5) is 0 Å². The van der Waals surface area contributed by atoms with E-state index in [4.69, 9.17) is 4.74 Å². The van der Waals surface area contributed by atoms with E-state index in [2.05, 4.69) is 24.4 Å². The topological polar surface area (TPSA) is 49.9 Å². The van der Waals surface area contributed by atoms with Crippen molar-refractivity contribution < 1.29 is 14.3 Å². The molecule has 0 aliphatic carbocycles. The van der Waals surface area contributed by atoms with Gasteiger partial charge in [0.25, 0.3) is 0 Å². The van der Waals surface area contributed by atoms with Gasteiger partial charge in [0.2, 0.25) is 11.8 Å². The van der Waals surface area contributed by atoms with Crippen LogP contribution in [-0.4, -0.2) is 47.9 Å². The van der Waals surface area contributed by atoms with Gasteiger partial charge >= 0.3 is 0 Å². The van der Waals surface area contributed by atoms with Gasteiger partial charge in [0.15, 0.2) is 0 Å². The Bertz CT molecular complexity index is 877. The first kappa shape index (κ1) is 21.4. The summed E-state index contributed by atoms with van der Waals surface area (Å²) in [6.45, 7) is 9.43. The molecule has 0 N–H and O–H groups in total. The lowest BCUT2D eigenvalue weighted by Crippen LogP contribution is -2.47. The molecule has 0 bridgehead atoms.